The molecule has 4 heteroatoms. The maximum absolute atomic E-state index is 12.7. The third kappa shape index (κ3) is 2.66. The van der Waals surface area contributed by atoms with Gasteiger partial charge in [-0.2, -0.15) is 0 Å². The second-order valence-electron chi connectivity index (χ2n) is 3.57. The second-order valence-corrected chi connectivity index (χ2v) is 3.57. The Labute approximate surface area is 93.7 Å². The van der Waals surface area contributed by atoms with Gasteiger partial charge in [0.25, 0.3) is 0 Å². The van der Waals surface area contributed by atoms with Crippen molar-refractivity contribution in [2.24, 2.45) is 0 Å². The maximum Gasteiger partial charge on any atom is 0.223 e. The van der Waals surface area contributed by atoms with Crippen molar-refractivity contribution in [3.63, 3.8) is 0 Å². The summed E-state index contributed by atoms with van der Waals surface area (Å²) < 4.78 is 12.7. The molecule has 86 valence electrons. The summed E-state index contributed by atoms with van der Waals surface area (Å²) in [6, 6.07) is 5.03. The van der Waals surface area contributed by atoms with Crippen molar-refractivity contribution in [3.05, 3.63) is 58.4 Å². The summed E-state index contributed by atoms with van der Waals surface area (Å²) in [5.41, 5.74) is 0.722. The van der Waals surface area contributed by atoms with Crippen LogP contribution < -0.4 is 0 Å². The molecule has 0 aromatic heterocycles. The first-order valence-corrected chi connectivity index (χ1v) is 5.11. The first-order chi connectivity index (χ1) is 7.60. The topological polar surface area (TPSA) is 43.1 Å². The van der Waals surface area contributed by atoms with E-state index in [0.29, 0.717) is 6.42 Å². The van der Waals surface area contributed by atoms with Crippen LogP contribution in [-0.4, -0.2) is 11.0 Å². The Morgan fingerprint density at radius 1 is 1.50 bits per heavy atom. The van der Waals surface area contributed by atoms with E-state index in [1.54, 1.807) is 25.1 Å². The van der Waals surface area contributed by atoms with E-state index in [4.69, 9.17) is 0 Å². The van der Waals surface area contributed by atoms with Crippen LogP contribution >= 0.6 is 0 Å². The van der Waals surface area contributed by atoms with E-state index in [-0.39, 0.29) is 16.7 Å². The lowest BCUT2D eigenvalue weighted by Gasteiger charge is -2.16. The Bertz CT molecular complexity index is 375. The molecule has 0 bridgehead atoms. The van der Waals surface area contributed by atoms with Crippen molar-refractivity contribution >= 4 is 0 Å². The highest BCUT2D eigenvalue weighted by Crippen LogP contribution is 2.25. The molecule has 1 rings (SSSR count). The zero-order valence-corrected chi connectivity index (χ0v) is 9.10. The van der Waals surface area contributed by atoms with Crippen LogP contribution in [-0.2, 0) is 0 Å². The van der Waals surface area contributed by atoms with Crippen LogP contribution in [0, 0.1) is 15.9 Å². The minimum atomic E-state index is -0.706. The fourth-order valence-corrected chi connectivity index (χ4v) is 1.73. The number of halogens is 1. The van der Waals surface area contributed by atoms with Crippen molar-refractivity contribution < 1.29 is 9.31 Å². The van der Waals surface area contributed by atoms with Gasteiger partial charge in [-0.1, -0.05) is 25.1 Å². The van der Waals surface area contributed by atoms with Gasteiger partial charge >= 0.3 is 0 Å². The molecule has 1 aromatic carbocycles. The van der Waals surface area contributed by atoms with Gasteiger partial charge in [-0.25, -0.2) is 4.39 Å². The van der Waals surface area contributed by atoms with Crippen LogP contribution in [0.25, 0.3) is 0 Å². The lowest BCUT2D eigenvalue weighted by molar-refractivity contribution is -0.525. The molecular weight excluding hydrogens is 209 g/mol. The molecule has 0 amide bonds. The van der Waals surface area contributed by atoms with Crippen molar-refractivity contribution in [1.29, 1.82) is 0 Å². The number of nitrogens with zero attached hydrogens (tertiary/aromatic N) is 1. The van der Waals surface area contributed by atoms with Crippen molar-refractivity contribution in [1.82, 2.24) is 0 Å². The summed E-state index contributed by atoms with van der Waals surface area (Å²) in [6.07, 6.45) is 1.96. The molecule has 0 spiro atoms. The SMILES string of the molecule is C=C[C@H](c1ccc(F)cc1)[C@@H](CC)[N+](=O)[O-]. The lowest BCUT2D eigenvalue weighted by Crippen LogP contribution is -2.25. The molecule has 0 N–H and O–H groups in total. The highest BCUT2D eigenvalue weighted by Gasteiger charge is 2.28. The number of rotatable bonds is 5. The van der Waals surface area contributed by atoms with Gasteiger partial charge in [0.1, 0.15) is 5.82 Å². The van der Waals surface area contributed by atoms with E-state index in [1.165, 1.54) is 12.1 Å². The second kappa shape index (κ2) is 5.39. The summed E-state index contributed by atoms with van der Waals surface area (Å²) in [5.74, 6) is -0.721. The van der Waals surface area contributed by atoms with Crippen molar-refractivity contribution in [2.45, 2.75) is 25.3 Å². The molecule has 0 saturated heterocycles. The van der Waals surface area contributed by atoms with Gasteiger partial charge in [0.05, 0.1) is 5.92 Å². The summed E-state index contributed by atoms with van der Waals surface area (Å²) in [6.45, 7) is 5.37. The van der Waals surface area contributed by atoms with E-state index >= 15 is 0 Å². The van der Waals surface area contributed by atoms with Crippen LogP contribution in [0.4, 0.5) is 4.39 Å². The van der Waals surface area contributed by atoms with E-state index in [2.05, 4.69) is 6.58 Å². The monoisotopic (exact) mass is 223 g/mol. The zero-order valence-electron chi connectivity index (χ0n) is 9.10. The Kier molecular flexibility index (Phi) is 4.17. The van der Waals surface area contributed by atoms with Crippen LogP contribution in [0.15, 0.2) is 36.9 Å². The quantitative estimate of drug-likeness (QED) is 0.437. The molecule has 0 saturated carbocycles. The van der Waals surface area contributed by atoms with Crippen LogP contribution in [0.5, 0.6) is 0 Å². The Hall–Kier alpha value is -1.71. The van der Waals surface area contributed by atoms with Crippen molar-refractivity contribution in [3.8, 4) is 0 Å². The fraction of sp³-hybridized carbons (Fsp3) is 0.333. The van der Waals surface area contributed by atoms with Gasteiger partial charge in [0, 0.05) is 11.3 Å². The van der Waals surface area contributed by atoms with Gasteiger partial charge in [0.15, 0.2) is 0 Å². The van der Waals surface area contributed by atoms with E-state index in [9.17, 15) is 14.5 Å². The smallest absolute Gasteiger partial charge is 0.223 e. The zero-order chi connectivity index (χ0) is 12.1. The van der Waals surface area contributed by atoms with Crippen LogP contribution in [0.1, 0.15) is 24.8 Å². The highest BCUT2D eigenvalue weighted by molar-refractivity contribution is 5.25. The standard InChI is InChI=1S/C12H14FNO2/c1-3-11(12(4-2)14(15)16)9-5-7-10(13)8-6-9/h3,5-8,11-12H,1,4H2,2H3/t11-,12-/m1/s1. The minimum Gasteiger partial charge on any atom is -0.264 e. The van der Waals surface area contributed by atoms with Gasteiger partial charge in [0.2, 0.25) is 6.04 Å². The van der Waals surface area contributed by atoms with Gasteiger partial charge in [-0.15, -0.1) is 6.58 Å². The summed E-state index contributed by atoms with van der Waals surface area (Å²) in [5, 5.41) is 10.9. The third-order valence-electron chi connectivity index (χ3n) is 2.61. The maximum atomic E-state index is 12.7. The Morgan fingerprint density at radius 2 is 2.06 bits per heavy atom. The molecule has 3 nitrogen and oxygen atoms in total. The molecule has 0 aliphatic rings. The summed E-state index contributed by atoms with van der Waals surface area (Å²) in [7, 11) is 0. The molecule has 1 aromatic rings. The predicted molar refractivity (Wildman–Crippen MR) is 60.4 cm³/mol. The molecule has 2 atom stereocenters. The van der Waals surface area contributed by atoms with Gasteiger partial charge in [-0.05, 0) is 17.7 Å². The molecular formula is C12H14FNO2. The number of benzene rings is 1. The number of hydrogen-bond acceptors (Lipinski definition) is 2. The molecule has 16 heavy (non-hydrogen) atoms. The molecule has 0 unspecified atom stereocenters. The summed E-state index contributed by atoms with van der Waals surface area (Å²) >= 11 is 0. The fourth-order valence-electron chi connectivity index (χ4n) is 1.73. The van der Waals surface area contributed by atoms with Crippen molar-refractivity contribution in [2.75, 3.05) is 0 Å². The largest absolute Gasteiger partial charge is 0.264 e. The highest BCUT2D eigenvalue weighted by atomic mass is 19.1. The molecule has 0 aliphatic heterocycles. The normalized spacial score (nSPS) is 14.1. The molecule has 0 heterocycles. The minimum absolute atomic E-state index is 0.310. The Morgan fingerprint density at radius 3 is 2.44 bits per heavy atom. The van der Waals surface area contributed by atoms with Gasteiger partial charge < -0.3 is 0 Å². The lowest BCUT2D eigenvalue weighted by atomic mass is 9.90. The van der Waals surface area contributed by atoms with Crippen LogP contribution in [0.2, 0.25) is 0 Å². The predicted octanol–water partition coefficient (Wildman–Crippen LogP) is 3.15. The van der Waals surface area contributed by atoms with E-state index < -0.39 is 6.04 Å². The average Bonchev–Trinajstić information content (AvgIpc) is 2.26. The first-order valence-electron chi connectivity index (χ1n) is 5.11. The molecule has 0 aliphatic carbocycles. The molecule has 0 radical (unpaired) electrons. The third-order valence-corrected chi connectivity index (χ3v) is 2.61. The first kappa shape index (κ1) is 12.4. The van der Waals surface area contributed by atoms with Gasteiger partial charge in [-0.3, -0.25) is 10.1 Å². The summed E-state index contributed by atoms with van der Waals surface area (Å²) in [4.78, 5) is 10.5. The van der Waals surface area contributed by atoms with Crippen LogP contribution in [0.3, 0.4) is 0 Å². The van der Waals surface area contributed by atoms with E-state index in [1.807, 2.05) is 0 Å². The van der Waals surface area contributed by atoms with E-state index in [0.717, 1.165) is 5.56 Å². The Balaban J connectivity index is 3.01. The average molecular weight is 223 g/mol. The number of nitro groups is 1. The molecule has 0 fully saturated rings. The number of hydrogen-bond donors (Lipinski definition) is 0.